The minimum Gasteiger partial charge on any atom is -0.312 e. The molecule has 1 saturated carbocycles. The normalized spacial score (nSPS) is 40.9. The van der Waals surface area contributed by atoms with E-state index in [1.807, 2.05) is 0 Å². The summed E-state index contributed by atoms with van der Waals surface area (Å²) in [6.45, 7) is 1.74. The summed E-state index contributed by atoms with van der Waals surface area (Å²) >= 11 is 0. The predicted octanol–water partition coefficient (Wildman–Crippen LogP) is 0.454. The number of rotatable bonds is 0. The molecule has 3 nitrogen and oxygen atoms in total. The van der Waals surface area contributed by atoms with Crippen molar-refractivity contribution >= 4 is 11.6 Å². The second-order valence-corrected chi connectivity index (χ2v) is 4.63. The molecule has 3 heteroatoms. The smallest absolute Gasteiger partial charge is 0.160 e. The molecule has 1 saturated heterocycles. The average molecular weight is 191 g/mol. The quantitative estimate of drug-likeness (QED) is 0.605. The van der Waals surface area contributed by atoms with Crippen LogP contribution in [0.3, 0.4) is 0 Å². The van der Waals surface area contributed by atoms with Crippen LogP contribution in [0.1, 0.15) is 19.3 Å². The summed E-state index contributed by atoms with van der Waals surface area (Å²) in [5, 5.41) is 3.32. The second-order valence-electron chi connectivity index (χ2n) is 4.63. The van der Waals surface area contributed by atoms with E-state index in [0.717, 1.165) is 19.5 Å². The summed E-state index contributed by atoms with van der Waals surface area (Å²) in [7, 11) is 0. The predicted molar refractivity (Wildman–Crippen MR) is 50.7 cm³/mol. The molecule has 2 aliphatic carbocycles. The van der Waals surface area contributed by atoms with Crippen LogP contribution in [0.15, 0.2) is 11.6 Å². The maximum atomic E-state index is 11.7. The molecule has 1 aliphatic heterocycles. The number of carbonyl (C=O) groups excluding carboxylic acids is 2. The molecule has 3 aliphatic rings. The summed E-state index contributed by atoms with van der Waals surface area (Å²) in [4.78, 5) is 23.0. The minimum atomic E-state index is -0.0336. The van der Waals surface area contributed by atoms with Crippen LogP contribution in [-0.4, -0.2) is 24.7 Å². The summed E-state index contributed by atoms with van der Waals surface area (Å²) in [6, 6.07) is 0. The zero-order chi connectivity index (χ0) is 9.76. The monoisotopic (exact) mass is 191 g/mol. The van der Waals surface area contributed by atoms with Crippen molar-refractivity contribution in [3.63, 3.8) is 0 Å². The van der Waals surface area contributed by atoms with Gasteiger partial charge in [-0.2, -0.15) is 0 Å². The molecular weight excluding hydrogens is 178 g/mol. The molecule has 14 heavy (non-hydrogen) atoms. The van der Waals surface area contributed by atoms with E-state index in [0.29, 0.717) is 12.8 Å². The van der Waals surface area contributed by atoms with Gasteiger partial charge in [-0.05, 0) is 18.1 Å². The molecule has 1 heterocycles. The van der Waals surface area contributed by atoms with Gasteiger partial charge < -0.3 is 5.32 Å². The van der Waals surface area contributed by atoms with Crippen LogP contribution in [0.2, 0.25) is 0 Å². The van der Waals surface area contributed by atoms with Crippen molar-refractivity contribution in [3.05, 3.63) is 11.6 Å². The van der Waals surface area contributed by atoms with Gasteiger partial charge in [0.2, 0.25) is 0 Å². The van der Waals surface area contributed by atoms with Crippen molar-refractivity contribution in [1.82, 2.24) is 5.32 Å². The van der Waals surface area contributed by atoms with E-state index in [-0.39, 0.29) is 22.9 Å². The number of hydrogen-bond donors (Lipinski definition) is 1. The Morgan fingerprint density at radius 1 is 1.43 bits per heavy atom. The minimum absolute atomic E-state index is 0.0327. The Balaban J connectivity index is 2.04. The third-order valence-electron chi connectivity index (χ3n) is 4.00. The highest BCUT2D eigenvalue weighted by Gasteiger charge is 2.54. The van der Waals surface area contributed by atoms with Crippen molar-refractivity contribution < 1.29 is 9.59 Å². The number of carbonyl (C=O) groups is 2. The molecule has 74 valence electrons. The van der Waals surface area contributed by atoms with E-state index < -0.39 is 0 Å². The first-order valence-corrected chi connectivity index (χ1v) is 5.20. The molecule has 1 N–H and O–H groups in total. The van der Waals surface area contributed by atoms with Gasteiger partial charge in [-0.3, -0.25) is 9.59 Å². The van der Waals surface area contributed by atoms with Crippen LogP contribution in [0.5, 0.6) is 0 Å². The molecule has 0 aromatic rings. The Bertz CT molecular complexity index is 358. The third-order valence-corrected chi connectivity index (χ3v) is 4.00. The van der Waals surface area contributed by atoms with Gasteiger partial charge in [0.15, 0.2) is 5.78 Å². The number of allylic oxidation sites excluding steroid dienone is 1. The van der Waals surface area contributed by atoms with Gasteiger partial charge in [0.1, 0.15) is 5.78 Å². The molecule has 0 aromatic heterocycles. The van der Waals surface area contributed by atoms with E-state index in [2.05, 4.69) is 5.32 Å². The standard InChI is InChI=1S/C11H13NO2/c13-8-1-2-11-6-12-5-7(11)3-10(14)9(11)4-8/h3,9,12H,1-2,4-6H2. The highest BCUT2D eigenvalue weighted by atomic mass is 16.1. The van der Waals surface area contributed by atoms with Crippen molar-refractivity contribution in [2.45, 2.75) is 19.3 Å². The summed E-state index contributed by atoms with van der Waals surface area (Å²) in [5.41, 5.74) is 1.28. The Labute approximate surface area is 82.6 Å². The highest BCUT2D eigenvalue weighted by Crippen LogP contribution is 2.51. The Morgan fingerprint density at radius 2 is 2.29 bits per heavy atom. The number of nitrogens with one attached hydrogen (secondary N) is 1. The van der Waals surface area contributed by atoms with Crippen LogP contribution in [0.25, 0.3) is 0 Å². The summed E-state index contributed by atoms with van der Waals surface area (Å²) < 4.78 is 0. The number of Topliss-reactive ketones (excluding diaryl/α,β-unsaturated/α-hetero) is 1. The lowest BCUT2D eigenvalue weighted by Crippen LogP contribution is -2.39. The average Bonchev–Trinajstić information content (AvgIpc) is 2.63. The van der Waals surface area contributed by atoms with Crippen LogP contribution < -0.4 is 5.32 Å². The van der Waals surface area contributed by atoms with Crippen molar-refractivity contribution in [3.8, 4) is 0 Å². The molecule has 3 rings (SSSR count). The molecule has 1 spiro atoms. The molecule has 2 fully saturated rings. The topological polar surface area (TPSA) is 46.2 Å². The van der Waals surface area contributed by atoms with Gasteiger partial charge in [-0.1, -0.05) is 0 Å². The van der Waals surface area contributed by atoms with E-state index in [9.17, 15) is 9.59 Å². The van der Waals surface area contributed by atoms with E-state index in [1.165, 1.54) is 5.57 Å². The van der Waals surface area contributed by atoms with Crippen LogP contribution >= 0.6 is 0 Å². The molecule has 2 atom stereocenters. The molecule has 0 radical (unpaired) electrons. The maximum absolute atomic E-state index is 11.7. The maximum Gasteiger partial charge on any atom is 0.160 e. The van der Waals surface area contributed by atoms with Crippen LogP contribution in [-0.2, 0) is 9.59 Å². The van der Waals surface area contributed by atoms with Crippen molar-refractivity contribution in [1.29, 1.82) is 0 Å². The van der Waals surface area contributed by atoms with E-state index in [4.69, 9.17) is 0 Å². The van der Waals surface area contributed by atoms with Crippen LogP contribution in [0, 0.1) is 11.3 Å². The van der Waals surface area contributed by atoms with Crippen molar-refractivity contribution in [2.75, 3.05) is 13.1 Å². The lowest BCUT2D eigenvalue weighted by Gasteiger charge is -2.36. The fraction of sp³-hybridized carbons (Fsp3) is 0.636. The second kappa shape index (κ2) is 2.54. The lowest BCUT2D eigenvalue weighted by atomic mass is 9.66. The molecule has 0 aromatic carbocycles. The summed E-state index contributed by atoms with van der Waals surface area (Å²) in [6.07, 6.45) is 3.79. The zero-order valence-corrected chi connectivity index (χ0v) is 8.01. The van der Waals surface area contributed by atoms with E-state index >= 15 is 0 Å². The number of ketones is 2. The SMILES string of the molecule is O=C1CCC23CNCC2=CC(=O)C3C1. The first kappa shape index (κ1) is 8.36. The first-order valence-electron chi connectivity index (χ1n) is 5.20. The third kappa shape index (κ3) is 0.857. The Morgan fingerprint density at radius 3 is 3.14 bits per heavy atom. The van der Waals surface area contributed by atoms with Gasteiger partial charge in [0.05, 0.1) is 0 Å². The number of hydrogen-bond acceptors (Lipinski definition) is 3. The van der Waals surface area contributed by atoms with Crippen LogP contribution in [0.4, 0.5) is 0 Å². The Hall–Kier alpha value is -0.960. The van der Waals surface area contributed by atoms with Gasteiger partial charge >= 0.3 is 0 Å². The molecule has 0 bridgehead atoms. The first-order chi connectivity index (χ1) is 6.72. The van der Waals surface area contributed by atoms with E-state index in [1.54, 1.807) is 6.08 Å². The highest BCUT2D eigenvalue weighted by molar-refractivity contribution is 6.00. The fourth-order valence-corrected chi connectivity index (χ4v) is 3.21. The molecular formula is C11H13NO2. The van der Waals surface area contributed by atoms with Gasteiger partial charge in [0, 0.05) is 37.3 Å². The van der Waals surface area contributed by atoms with Gasteiger partial charge in [0.25, 0.3) is 0 Å². The lowest BCUT2D eigenvalue weighted by molar-refractivity contribution is -0.130. The van der Waals surface area contributed by atoms with Gasteiger partial charge in [-0.25, -0.2) is 0 Å². The zero-order valence-electron chi connectivity index (χ0n) is 8.01. The summed E-state index contributed by atoms with van der Waals surface area (Å²) in [5.74, 6) is 0.416. The van der Waals surface area contributed by atoms with Crippen molar-refractivity contribution in [2.24, 2.45) is 11.3 Å². The molecule has 0 amide bonds. The fourth-order valence-electron chi connectivity index (χ4n) is 3.21. The Kier molecular flexibility index (Phi) is 1.52. The van der Waals surface area contributed by atoms with Gasteiger partial charge in [-0.15, -0.1) is 0 Å². The largest absolute Gasteiger partial charge is 0.312 e. The molecule has 2 unspecified atom stereocenters.